The lowest BCUT2D eigenvalue weighted by Gasteiger charge is -2.13. The van der Waals surface area contributed by atoms with Gasteiger partial charge in [0.2, 0.25) is 5.95 Å². The normalized spacial score (nSPS) is 10.4. The minimum absolute atomic E-state index is 0.782. The summed E-state index contributed by atoms with van der Waals surface area (Å²) in [7, 11) is 1.65. The van der Waals surface area contributed by atoms with E-state index in [4.69, 9.17) is 4.74 Å². The molecule has 0 saturated heterocycles. The van der Waals surface area contributed by atoms with Crippen molar-refractivity contribution in [2.24, 2.45) is 0 Å². The molecule has 6 heteroatoms. The molecule has 0 saturated carbocycles. The molecule has 0 atom stereocenters. The van der Waals surface area contributed by atoms with E-state index >= 15 is 0 Å². The maximum Gasteiger partial charge on any atom is 0.207 e. The smallest absolute Gasteiger partial charge is 0.207 e. The summed E-state index contributed by atoms with van der Waals surface area (Å²) in [6.07, 6.45) is 3.67. The molecule has 0 unspecified atom stereocenters. The lowest BCUT2D eigenvalue weighted by atomic mass is 10.3. The molecule has 1 aromatic heterocycles. The van der Waals surface area contributed by atoms with Gasteiger partial charge in [-0.1, -0.05) is 0 Å². The lowest BCUT2D eigenvalue weighted by molar-refractivity contribution is 0.412. The number of nitrogens with one attached hydrogen (secondary N) is 1. The van der Waals surface area contributed by atoms with E-state index in [1.807, 2.05) is 29.8 Å². The van der Waals surface area contributed by atoms with Crippen molar-refractivity contribution in [2.45, 2.75) is 6.92 Å². The van der Waals surface area contributed by atoms with Crippen molar-refractivity contribution < 1.29 is 4.74 Å². The summed E-state index contributed by atoms with van der Waals surface area (Å²) in [5.41, 5.74) is 0.975. The Morgan fingerprint density at radius 3 is 2.78 bits per heavy atom. The van der Waals surface area contributed by atoms with E-state index in [2.05, 4.69) is 42.2 Å². The molecule has 0 aliphatic rings. The lowest BCUT2D eigenvalue weighted by Crippen LogP contribution is -2.05. The van der Waals surface area contributed by atoms with Crippen LogP contribution in [0.1, 0.15) is 6.92 Å². The molecule has 4 nitrogen and oxygen atoms in total. The highest BCUT2D eigenvalue weighted by atomic mass is 79.9. The summed E-state index contributed by atoms with van der Waals surface area (Å²) in [6, 6.07) is 3.92. The van der Waals surface area contributed by atoms with E-state index in [9.17, 15) is 0 Å². The van der Waals surface area contributed by atoms with E-state index in [-0.39, 0.29) is 0 Å². The second kappa shape index (κ2) is 5.75. The Bertz CT molecular complexity index is 554. The fourth-order valence-electron chi connectivity index (χ4n) is 1.65. The van der Waals surface area contributed by atoms with Crippen LogP contribution in [0.5, 0.6) is 5.75 Å². The largest absolute Gasteiger partial charge is 0.495 e. The van der Waals surface area contributed by atoms with Crippen LogP contribution in [0.3, 0.4) is 0 Å². The van der Waals surface area contributed by atoms with Crippen molar-refractivity contribution in [2.75, 3.05) is 19.0 Å². The Labute approximate surface area is 123 Å². The number of hydrogen-bond donors (Lipinski definition) is 1. The zero-order chi connectivity index (χ0) is 13.1. The van der Waals surface area contributed by atoms with Crippen LogP contribution in [0.15, 0.2) is 33.5 Å². The van der Waals surface area contributed by atoms with Crippen molar-refractivity contribution in [3.63, 3.8) is 0 Å². The molecule has 1 aromatic carbocycles. The van der Waals surface area contributed by atoms with Gasteiger partial charge in [0.05, 0.1) is 17.3 Å². The number of ether oxygens (including phenoxy) is 1. The van der Waals surface area contributed by atoms with Crippen LogP contribution >= 0.6 is 31.9 Å². The molecule has 0 aliphatic heterocycles. The third-order valence-corrected chi connectivity index (χ3v) is 3.71. The number of aromatic nitrogens is 2. The fraction of sp³-hybridized carbons (Fsp3) is 0.250. The first-order valence-corrected chi connectivity index (χ1v) is 7.06. The number of halogens is 2. The number of hydrogen-bond acceptors (Lipinski definition) is 3. The van der Waals surface area contributed by atoms with Crippen LogP contribution in [0, 0.1) is 0 Å². The average Bonchev–Trinajstić information content (AvgIpc) is 2.78. The third-order valence-electron chi connectivity index (χ3n) is 2.46. The van der Waals surface area contributed by atoms with Gasteiger partial charge < -0.3 is 10.1 Å². The van der Waals surface area contributed by atoms with Crippen LogP contribution in [-0.4, -0.2) is 23.2 Å². The summed E-state index contributed by atoms with van der Waals surface area (Å²) in [5.74, 6) is 1.59. The first-order chi connectivity index (χ1) is 8.67. The number of imidazole rings is 1. The zero-order valence-electron chi connectivity index (χ0n) is 10.1. The molecule has 0 amide bonds. The molecule has 2 rings (SSSR count). The molecule has 18 heavy (non-hydrogen) atoms. The zero-order valence-corrected chi connectivity index (χ0v) is 13.2. The van der Waals surface area contributed by atoms with E-state index < -0.39 is 0 Å². The second-order valence-corrected chi connectivity index (χ2v) is 5.30. The monoisotopic (exact) mass is 373 g/mol. The number of benzene rings is 1. The van der Waals surface area contributed by atoms with E-state index in [0.717, 1.165) is 32.9 Å². The van der Waals surface area contributed by atoms with Gasteiger partial charge in [-0.15, -0.1) is 0 Å². The van der Waals surface area contributed by atoms with Crippen LogP contribution < -0.4 is 10.1 Å². The molecular weight excluding hydrogens is 362 g/mol. The van der Waals surface area contributed by atoms with Gasteiger partial charge in [0, 0.05) is 29.5 Å². The van der Waals surface area contributed by atoms with Gasteiger partial charge in [-0.25, -0.2) is 4.98 Å². The molecule has 2 aromatic rings. The standard InChI is InChI=1S/C12H13Br2N3O/c1-3-15-12-16-4-5-17(12)10-7-11(18-2)9(14)6-8(10)13/h4-7H,3H2,1-2H3,(H,15,16). The minimum atomic E-state index is 0.782. The maximum atomic E-state index is 5.32. The van der Waals surface area contributed by atoms with Crippen LogP contribution in [-0.2, 0) is 0 Å². The van der Waals surface area contributed by atoms with Gasteiger partial charge >= 0.3 is 0 Å². The van der Waals surface area contributed by atoms with E-state index in [1.165, 1.54) is 0 Å². The number of nitrogens with zero attached hydrogens (tertiary/aromatic N) is 2. The first-order valence-electron chi connectivity index (χ1n) is 5.48. The summed E-state index contributed by atoms with van der Waals surface area (Å²) in [6.45, 7) is 2.86. The Kier molecular flexibility index (Phi) is 4.29. The fourth-order valence-corrected chi connectivity index (χ4v) is 2.99. The summed E-state index contributed by atoms with van der Waals surface area (Å²) in [4.78, 5) is 4.28. The average molecular weight is 375 g/mol. The van der Waals surface area contributed by atoms with E-state index in [1.54, 1.807) is 13.3 Å². The van der Waals surface area contributed by atoms with Crippen molar-refractivity contribution in [1.82, 2.24) is 9.55 Å². The molecular formula is C12H13Br2N3O. The SMILES string of the molecule is CCNc1nccn1-c1cc(OC)c(Br)cc1Br. The van der Waals surface area contributed by atoms with Crippen LogP contribution in [0.25, 0.3) is 5.69 Å². The predicted molar refractivity (Wildman–Crippen MR) is 79.7 cm³/mol. The highest BCUT2D eigenvalue weighted by molar-refractivity contribution is 9.11. The summed E-state index contributed by atoms with van der Waals surface area (Å²) >= 11 is 7.01. The van der Waals surface area contributed by atoms with Crippen LogP contribution in [0.4, 0.5) is 5.95 Å². The van der Waals surface area contributed by atoms with Crippen molar-refractivity contribution in [1.29, 1.82) is 0 Å². The quantitative estimate of drug-likeness (QED) is 0.883. The Morgan fingerprint density at radius 1 is 1.33 bits per heavy atom. The van der Waals surface area contributed by atoms with Gasteiger partial charge in [-0.05, 0) is 44.8 Å². The Balaban J connectivity index is 2.52. The topological polar surface area (TPSA) is 39.1 Å². The van der Waals surface area contributed by atoms with Gasteiger partial charge in [0.1, 0.15) is 5.75 Å². The summed E-state index contributed by atoms with van der Waals surface area (Å²) in [5, 5.41) is 3.21. The van der Waals surface area contributed by atoms with Crippen LogP contribution in [0.2, 0.25) is 0 Å². The van der Waals surface area contributed by atoms with E-state index in [0.29, 0.717) is 0 Å². The third kappa shape index (κ3) is 2.54. The number of rotatable bonds is 4. The second-order valence-electron chi connectivity index (χ2n) is 3.59. The highest BCUT2D eigenvalue weighted by Crippen LogP contribution is 2.34. The molecule has 0 fully saturated rings. The van der Waals surface area contributed by atoms with Gasteiger partial charge in [0.25, 0.3) is 0 Å². The highest BCUT2D eigenvalue weighted by Gasteiger charge is 2.11. The van der Waals surface area contributed by atoms with Crippen molar-refractivity contribution in [3.05, 3.63) is 33.5 Å². The molecule has 96 valence electrons. The number of methoxy groups -OCH3 is 1. The minimum Gasteiger partial charge on any atom is -0.495 e. The van der Waals surface area contributed by atoms with Gasteiger partial charge in [-0.3, -0.25) is 4.57 Å². The first kappa shape index (κ1) is 13.4. The van der Waals surface area contributed by atoms with Gasteiger partial charge in [0.15, 0.2) is 0 Å². The maximum absolute atomic E-state index is 5.32. The predicted octanol–water partition coefficient (Wildman–Crippen LogP) is 3.84. The van der Waals surface area contributed by atoms with Gasteiger partial charge in [-0.2, -0.15) is 0 Å². The molecule has 1 N–H and O–H groups in total. The van der Waals surface area contributed by atoms with Crippen molar-refractivity contribution in [3.8, 4) is 11.4 Å². The molecule has 0 spiro atoms. The number of anilines is 1. The molecule has 0 radical (unpaired) electrons. The summed E-state index contributed by atoms with van der Waals surface area (Å²) < 4.78 is 9.16. The Morgan fingerprint density at radius 2 is 2.11 bits per heavy atom. The Hall–Kier alpha value is -1.01. The molecule has 0 aliphatic carbocycles. The van der Waals surface area contributed by atoms with Crippen molar-refractivity contribution >= 4 is 37.8 Å². The molecule has 1 heterocycles. The molecule has 0 bridgehead atoms.